The van der Waals surface area contributed by atoms with E-state index in [2.05, 4.69) is 79.7 Å². The van der Waals surface area contributed by atoms with Gasteiger partial charge in [-0.05, 0) is 36.5 Å². The minimum atomic E-state index is 0.464. The van der Waals surface area contributed by atoms with Gasteiger partial charge in [0.25, 0.3) is 0 Å². The second-order valence-electron chi connectivity index (χ2n) is 7.29. The zero-order valence-electron chi connectivity index (χ0n) is 14.1. The lowest BCUT2D eigenvalue weighted by Gasteiger charge is -2.14. The van der Waals surface area contributed by atoms with E-state index >= 15 is 0 Å². The molecule has 108 valence electrons. The van der Waals surface area contributed by atoms with Crippen molar-refractivity contribution in [3.05, 3.63) is 24.3 Å². The van der Waals surface area contributed by atoms with Gasteiger partial charge in [0.15, 0.2) is 0 Å². The van der Waals surface area contributed by atoms with Gasteiger partial charge in [-0.3, -0.25) is 0 Å². The maximum atomic E-state index is 2.26. The van der Waals surface area contributed by atoms with Gasteiger partial charge in [-0.15, -0.1) is 0 Å². The van der Waals surface area contributed by atoms with Gasteiger partial charge in [0.2, 0.25) is 0 Å². The van der Waals surface area contributed by atoms with Gasteiger partial charge >= 0.3 is 0 Å². The van der Waals surface area contributed by atoms with Crippen LogP contribution in [-0.4, -0.2) is 0 Å². The summed E-state index contributed by atoms with van der Waals surface area (Å²) in [6, 6.07) is 0. The Balaban J connectivity index is 0. The Kier molecular flexibility index (Phi) is 11.5. The summed E-state index contributed by atoms with van der Waals surface area (Å²) in [5.41, 5.74) is 0.928. The Labute approximate surface area is 117 Å². The molecule has 0 saturated carbocycles. The third-order valence-electron chi connectivity index (χ3n) is 2.27. The maximum absolute atomic E-state index is 2.26. The first-order chi connectivity index (χ1) is 8.12. The lowest BCUT2D eigenvalue weighted by molar-refractivity contribution is 0.420. The monoisotopic (exact) mass is 252 g/mol. The highest BCUT2D eigenvalue weighted by molar-refractivity contribution is 4.85. The Morgan fingerprint density at radius 1 is 0.556 bits per heavy atom. The minimum Gasteiger partial charge on any atom is -0.0888 e. The number of hydrogen-bond acceptors (Lipinski definition) is 0. The first-order valence-electron chi connectivity index (χ1n) is 7.42. The molecule has 0 nitrogen and oxygen atoms in total. The van der Waals surface area contributed by atoms with Crippen LogP contribution in [0.3, 0.4) is 0 Å². The molecule has 0 heteroatoms. The van der Waals surface area contributed by atoms with Crippen LogP contribution in [0.5, 0.6) is 0 Å². The summed E-state index contributed by atoms with van der Waals surface area (Å²) in [5.74, 6) is 0. The van der Waals surface area contributed by atoms with E-state index in [0.717, 1.165) is 12.8 Å². The summed E-state index contributed by atoms with van der Waals surface area (Å²) in [4.78, 5) is 0. The average molecular weight is 252 g/mol. The molecule has 0 aromatic rings. The average Bonchev–Trinajstić information content (AvgIpc) is 2.16. The van der Waals surface area contributed by atoms with Crippen molar-refractivity contribution in [2.24, 2.45) is 10.8 Å². The van der Waals surface area contributed by atoms with Crippen LogP contribution in [0.25, 0.3) is 0 Å². The SMILES string of the molecule is CC/C=C/CC(C)(C)C.CC/C=C\CC(C)(C)C. The van der Waals surface area contributed by atoms with Crippen LogP contribution < -0.4 is 0 Å². The van der Waals surface area contributed by atoms with Crippen LogP contribution >= 0.6 is 0 Å². The van der Waals surface area contributed by atoms with Gasteiger partial charge < -0.3 is 0 Å². The van der Waals surface area contributed by atoms with Crippen LogP contribution in [-0.2, 0) is 0 Å². The molecule has 0 amide bonds. The summed E-state index contributed by atoms with van der Waals surface area (Å²) < 4.78 is 0. The van der Waals surface area contributed by atoms with E-state index in [4.69, 9.17) is 0 Å². The predicted molar refractivity (Wildman–Crippen MR) is 87.0 cm³/mol. The Hall–Kier alpha value is -0.520. The zero-order valence-corrected chi connectivity index (χ0v) is 14.1. The predicted octanol–water partition coefficient (Wildman–Crippen LogP) is 6.78. The summed E-state index contributed by atoms with van der Waals surface area (Å²) >= 11 is 0. The van der Waals surface area contributed by atoms with Gasteiger partial charge in [-0.2, -0.15) is 0 Å². The van der Waals surface area contributed by atoms with Gasteiger partial charge in [0, 0.05) is 0 Å². The van der Waals surface area contributed by atoms with Gasteiger partial charge in [0.1, 0.15) is 0 Å². The second kappa shape index (κ2) is 10.4. The van der Waals surface area contributed by atoms with E-state index < -0.39 is 0 Å². The molecule has 0 heterocycles. The van der Waals surface area contributed by atoms with Gasteiger partial charge in [-0.1, -0.05) is 79.7 Å². The van der Waals surface area contributed by atoms with E-state index in [9.17, 15) is 0 Å². The van der Waals surface area contributed by atoms with Crippen molar-refractivity contribution in [1.29, 1.82) is 0 Å². The van der Waals surface area contributed by atoms with Crippen molar-refractivity contribution in [3.63, 3.8) is 0 Å². The first-order valence-corrected chi connectivity index (χ1v) is 7.42. The number of rotatable bonds is 4. The van der Waals surface area contributed by atoms with Gasteiger partial charge in [-0.25, -0.2) is 0 Å². The molecule has 0 bridgehead atoms. The van der Waals surface area contributed by atoms with Crippen LogP contribution in [0.2, 0.25) is 0 Å². The largest absolute Gasteiger partial charge is 0.0888 e. The molecular formula is C18H36. The quantitative estimate of drug-likeness (QED) is 0.484. The lowest BCUT2D eigenvalue weighted by Crippen LogP contribution is -2.01. The van der Waals surface area contributed by atoms with E-state index in [1.54, 1.807) is 0 Å². The summed E-state index contributed by atoms with van der Waals surface area (Å²) in [6.07, 6.45) is 13.7. The second-order valence-corrected chi connectivity index (χ2v) is 7.29. The maximum Gasteiger partial charge on any atom is -0.0302 e. The van der Waals surface area contributed by atoms with Crippen molar-refractivity contribution >= 4 is 0 Å². The molecule has 0 saturated heterocycles. The van der Waals surface area contributed by atoms with Gasteiger partial charge in [0.05, 0.1) is 0 Å². The third kappa shape index (κ3) is 24.6. The summed E-state index contributed by atoms with van der Waals surface area (Å²) in [6.45, 7) is 17.9. The van der Waals surface area contributed by atoms with E-state index in [-0.39, 0.29) is 0 Å². The van der Waals surface area contributed by atoms with Crippen LogP contribution in [0.15, 0.2) is 24.3 Å². The molecule has 0 aromatic carbocycles. The van der Waals surface area contributed by atoms with Crippen molar-refractivity contribution < 1.29 is 0 Å². The number of hydrogen-bond donors (Lipinski definition) is 0. The first kappa shape index (κ1) is 19.8. The summed E-state index contributed by atoms with van der Waals surface area (Å²) in [7, 11) is 0. The molecule has 0 aliphatic rings. The molecule has 0 aliphatic carbocycles. The van der Waals surface area contributed by atoms with Crippen molar-refractivity contribution in [2.75, 3.05) is 0 Å². The standard InChI is InChI=1S/2C9H18/c2*1-5-6-7-8-9(2,3)4/h2*6-7H,5,8H2,1-4H3/b7-6+;7-6-. The fourth-order valence-corrected chi connectivity index (χ4v) is 1.21. The Morgan fingerprint density at radius 3 is 1.00 bits per heavy atom. The van der Waals surface area contributed by atoms with Crippen LogP contribution in [0, 0.1) is 10.8 Å². The molecular weight excluding hydrogens is 216 g/mol. The highest BCUT2D eigenvalue weighted by Gasteiger charge is 2.06. The molecule has 0 aromatic heterocycles. The zero-order chi connectivity index (χ0) is 14.7. The van der Waals surface area contributed by atoms with Crippen molar-refractivity contribution in [3.8, 4) is 0 Å². The third-order valence-corrected chi connectivity index (χ3v) is 2.27. The highest BCUT2D eigenvalue weighted by Crippen LogP contribution is 2.19. The molecule has 0 aliphatic heterocycles. The fourth-order valence-electron chi connectivity index (χ4n) is 1.21. The Bertz CT molecular complexity index is 191. The van der Waals surface area contributed by atoms with E-state index in [1.165, 1.54) is 12.8 Å². The number of allylic oxidation sites excluding steroid dienone is 4. The fraction of sp³-hybridized carbons (Fsp3) is 0.778. The van der Waals surface area contributed by atoms with Crippen LogP contribution in [0.4, 0.5) is 0 Å². The molecule has 0 atom stereocenters. The highest BCUT2D eigenvalue weighted by atomic mass is 14.1. The smallest absolute Gasteiger partial charge is 0.0302 e. The molecule has 18 heavy (non-hydrogen) atoms. The summed E-state index contributed by atoms with van der Waals surface area (Å²) in [5, 5.41) is 0. The molecule has 0 N–H and O–H groups in total. The van der Waals surface area contributed by atoms with Crippen molar-refractivity contribution in [1.82, 2.24) is 0 Å². The van der Waals surface area contributed by atoms with E-state index in [1.807, 2.05) is 0 Å². The molecule has 0 fully saturated rings. The lowest BCUT2D eigenvalue weighted by atomic mass is 9.92. The molecule has 0 radical (unpaired) electrons. The molecule has 0 spiro atoms. The van der Waals surface area contributed by atoms with E-state index in [0.29, 0.717) is 10.8 Å². The Morgan fingerprint density at radius 2 is 0.833 bits per heavy atom. The molecule has 0 rings (SSSR count). The van der Waals surface area contributed by atoms with Crippen LogP contribution in [0.1, 0.15) is 81.1 Å². The van der Waals surface area contributed by atoms with Crippen molar-refractivity contribution in [2.45, 2.75) is 81.1 Å². The minimum absolute atomic E-state index is 0.464. The molecule has 0 unspecified atom stereocenters. The normalized spacial score (nSPS) is 12.9. The topological polar surface area (TPSA) is 0 Å².